The lowest BCUT2D eigenvalue weighted by Crippen LogP contribution is -2.25. The number of sulfonamides is 1. The molecule has 0 aliphatic heterocycles. The van der Waals surface area contributed by atoms with E-state index in [1.807, 2.05) is 24.3 Å². The monoisotopic (exact) mass is 320 g/mol. The summed E-state index contributed by atoms with van der Waals surface area (Å²) in [5, 5.41) is 1.75. The van der Waals surface area contributed by atoms with Gasteiger partial charge in [0.25, 0.3) is 10.0 Å². The molecule has 1 aromatic carbocycles. The highest BCUT2D eigenvalue weighted by Crippen LogP contribution is 2.21. The molecular weight excluding hydrogens is 304 g/mol. The van der Waals surface area contributed by atoms with Gasteiger partial charge in [0, 0.05) is 19.2 Å². The Kier molecular flexibility index (Phi) is 5.15. The number of thiophene rings is 1. The van der Waals surface area contributed by atoms with Gasteiger partial charge in [-0.05, 0) is 29.1 Å². The van der Waals surface area contributed by atoms with Crippen LogP contribution in [-0.4, -0.2) is 26.3 Å². The second-order valence-electron chi connectivity index (χ2n) is 4.40. The highest BCUT2D eigenvalue weighted by Gasteiger charge is 2.21. The first-order valence-electron chi connectivity index (χ1n) is 6.32. The Hall–Kier alpha value is -1.65. The van der Waals surface area contributed by atoms with E-state index in [0.29, 0.717) is 17.3 Å². The Morgan fingerprint density at radius 2 is 2.10 bits per heavy atom. The summed E-state index contributed by atoms with van der Waals surface area (Å²) in [6, 6.07) is 10.8. The third-order valence-electron chi connectivity index (χ3n) is 2.83. The van der Waals surface area contributed by atoms with Gasteiger partial charge in [-0.3, -0.25) is 0 Å². The van der Waals surface area contributed by atoms with Gasteiger partial charge in [0.1, 0.15) is 4.21 Å². The molecule has 0 aliphatic carbocycles. The first-order valence-corrected chi connectivity index (χ1v) is 8.64. The van der Waals surface area contributed by atoms with Crippen LogP contribution in [0.2, 0.25) is 0 Å². The summed E-state index contributed by atoms with van der Waals surface area (Å²) in [4.78, 5) is 0. The average Bonchev–Trinajstić information content (AvgIpc) is 3.00. The van der Waals surface area contributed by atoms with Crippen LogP contribution in [0.1, 0.15) is 11.1 Å². The van der Waals surface area contributed by atoms with Crippen molar-refractivity contribution in [3.05, 3.63) is 52.9 Å². The molecule has 2 N–H and O–H groups in total. The molecule has 0 atom stereocenters. The zero-order chi connectivity index (χ0) is 15.3. The predicted molar refractivity (Wildman–Crippen MR) is 85.3 cm³/mol. The van der Waals surface area contributed by atoms with E-state index in [9.17, 15) is 8.42 Å². The summed E-state index contributed by atoms with van der Waals surface area (Å²) in [5.74, 6) is 5.73. The summed E-state index contributed by atoms with van der Waals surface area (Å²) in [7, 11) is -1.85. The number of hydrogen-bond donors (Lipinski definition) is 1. The molecule has 0 spiro atoms. The van der Waals surface area contributed by atoms with Crippen LogP contribution in [0.15, 0.2) is 46.0 Å². The zero-order valence-corrected chi connectivity index (χ0v) is 13.2. The molecule has 1 heterocycles. The van der Waals surface area contributed by atoms with Crippen LogP contribution < -0.4 is 5.73 Å². The van der Waals surface area contributed by atoms with Gasteiger partial charge < -0.3 is 5.73 Å². The van der Waals surface area contributed by atoms with Gasteiger partial charge in [0.2, 0.25) is 0 Å². The van der Waals surface area contributed by atoms with Crippen LogP contribution in [0.4, 0.5) is 0 Å². The van der Waals surface area contributed by atoms with Gasteiger partial charge in [0.05, 0.1) is 6.54 Å². The molecule has 0 unspecified atom stereocenters. The Morgan fingerprint density at radius 3 is 2.76 bits per heavy atom. The fourth-order valence-electron chi connectivity index (χ4n) is 1.81. The van der Waals surface area contributed by atoms with E-state index in [0.717, 1.165) is 11.1 Å². The van der Waals surface area contributed by atoms with Crippen molar-refractivity contribution in [1.29, 1.82) is 0 Å². The Labute approximate surface area is 129 Å². The van der Waals surface area contributed by atoms with Crippen molar-refractivity contribution in [2.24, 2.45) is 5.73 Å². The molecule has 0 fully saturated rings. The van der Waals surface area contributed by atoms with Crippen LogP contribution in [0.25, 0.3) is 0 Å². The highest BCUT2D eigenvalue weighted by molar-refractivity contribution is 7.91. The number of rotatable bonds is 4. The molecule has 1 aromatic heterocycles. The van der Waals surface area contributed by atoms with Crippen molar-refractivity contribution >= 4 is 21.4 Å². The average molecular weight is 320 g/mol. The lowest BCUT2D eigenvalue weighted by atomic mass is 10.1. The molecule has 21 heavy (non-hydrogen) atoms. The molecule has 0 radical (unpaired) electrons. The van der Waals surface area contributed by atoms with Gasteiger partial charge >= 0.3 is 0 Å². The van der Waals surface area contributed by atoms with E-state index in [4.69, 9.17) is 5.73 Å². The molecule has 0 aliphatic rings. The van der Waals surface area contributed by atoms with Crippen molar-refractivity contribution < 1.29 is 8.42 Å². The smallest absolute Gasteiger partial charge is 0.252 e. The molecule has 6 heteroatoms. The molecule has 4 nitrogen and oxygen atoms in total. The van der Waals surface area contributed by atoms with Crippen molar-refractivity contribution in [1.82, 2.24) is 4.31 Å². The fraction of sp³-hybridized carbons (Fsp3) is 0.200. The Morgan fingerprint density at radius 1 is 1.29 bits per heavy atom. The number of nitrogens with two attached hydrogens (primary N) is 1. The van der Waals surface area contributed by atoms with E-state index < -0.39 is 10.0 Å². The van der Waals surface area contributed by atoms with Crippen molar-refractivity contribution in [2.45, 2.75) is 10.8 Å². The fourth-order valence-corrected chi connectivity index (χ4v) is 4.17. The Bertz CT molecular complexity index is 756. The summed E-state index contributed by atoms with van der Waals surface area (Å²) < 4.78 is 26.4. The second kappa shape index (κ2) is 6.87. The van der Waals surface area contributed by atoms with Crippen molar-refractivity contribution in [3.8, 4) is 11.8 Å². The van der Waals surface area contributed by atoms with Crippen molar-refractivity contribution in [3.63, 3.8) is 0 Å². The van der Waals surface area contributed by atoms with Gasteiger partial charge in [0.15, 0.2) is 0 Å². The highest BCUT2D eigenvalue weighted by atomic mass is 32.2. The maximum atomic E-state index is 12.3. The Balaban J connectivity index is 2.18. The maximum absolute atomic E-state index is 12.3. The minimum atomic E-state index is -3.43. The van der Waals surface area contributed by atoms with E-state index in [1.54, 1.807) is 24.6 Å². The lowest BCUT2D eigenvalue weighted by Gasteiger charge is -2.16. The van der Waals surface area contributed by atoms with E-state index in [1.165, 1.54) is 15.6 Å². The largest absolute Gasteiger partial charge is 0.320 e. The molecule has 0 bridgehead atoms. The van der Waals surface area contributed by atoms with E-state index >= 15 is 0 Å². The van der Waals surface area contributed by atoms with Crippen LogP contribution in [0.3, 0.4) is 0 Å². The molecule has 2 aromatic rings. The molecule has 0 saturated carbocycles. The molecule has 2 rings (SSSR count). The van der Waals surface area contributed by atoms with Crippen molar-refractivity contribution in [2.75, 3.05) is 13.6 Å². The maximum Gasteiger partial charge on any atom is 0.252 e. The second-order valence-corrected chi connectivity index (χ2v) is 7.62. The van der Waals surface area contributed by atoms with E-state index in [-0.39, 0.29) is 0 Å². The molecule has 110 valence electrons. The van der Waals surface area contributed by atoms with Gasteiger partial charge in [-0.2, -0.15) is 4.31 Å². The third-order valence-corrected chi connectivity index (χ3v) is 6.00. The topological polar surface area (TPSA) is 63.4 Å². The predicted octanol–water partition coefficient (Wildman–Crippen LogP) is 1.88. The van der Waals surface area contributed by atoms with Crippen LogP contribution in [0, 0.1) is 11.8 Å². The first-order chi connectivity index (χ1) is 10.0. The molecule has 0 saturated heterocycles. The molecular formula is C15H16N2O2S2. The summed E-state index contributed by atoms with van der Waals surface area (Å²) in [6.45, 7) is 0.606. The van der Waals surface area contributed by atoms with E-state index in [2.05, 4.69) is 11.8 Å². The SMILES string of the molecule is CN(Cc1cccc(C#CCN)c1)S(=O)(=O)c1cccs1. The number of hydrogen-bond acceptors (Lipinski definition) is 4. The quantitative estimate of drug-likeness (QED) is 0.875. The van der Waals surface area contributed by atoms with Crippen LogP contribution >= 0.6 is 11.3 Å². The minimum Gasteiger partial charge on any atom is -0.320 e. The first kappa shape index (κ1) is 15.7. The number of benzene rings is 1. The van der Waals surface area contributed by atoms with Gasteiger partial charge in [-0.15, -0.1) is 11.3 Å². The normalized spacial score (nSPS) is 11.2. The number of nitrogens with zero attached hydrogens (tertiary/aromatic N) is 1. The summed E-state index contributed by atoms with van der Waals surface area (Å²) in [6.07, 6.45) is 0. The van der Waals surface area contributed by atoms with Crippen LogP contribution in [0.5, 0.6) is 0 Å². The summed E-state index contributed by atoms with van der Waals surface area (Å²) >= 11 is 1.22. The summed E-state index contributed by atoms with van der Waals surface area (Å²) in [5.41, 5.74) is 7.07. The lowest BCUT2D eigenvalue weighted by molar-refractivity contribution is 0.468. The van der Waals surface area contributed by atoms with Gasteiger partial charge in [-0.25, -0.2) is 8.42 Å². The van der Waals surface area contributed by atoms with Crippen LogP contribution in [-0.2, 0) is 16.6 Å². The van der Waals surface area contributed by atoms with Gasteiger partial charge in [-0.1, -0.05) is 30.0 Å². The minimum absolute atomic E-state index is 0.302. The standard InChI is InChI=1S/C15H16N2O2S2/c1-17(21(18,19)15-8-4-10-20-15)12-14-6-2-5-13(11-14)7-3-9-16/h2,4-6,8,10-11H,9,12,16H2,1H3. The third kappa shape index (κ3) is 3.93. The molecule has 0 amide bonds. The zero-order valence-electron chi connectivity index (χ0n) is 11.6.